The fourth-order valence-electron chi connectivity index (χ4n) is 3.42. The summed E-state index contributed by atoms with van der Waals surface area (Å²) < 4.78 is 2.29. The number of fused-ring (bicyclic) bond motifs is 1. The molecule has 3 rings (SSSR count). The van der Waals surface area contributed by atoms with Gasteiger partial charge in [0.1, 0.15) is 24.1 Å². The third kappa shape index (κ3) is 2.97. The van der Waals surface area contributed by atoms with Crippen LogP contribution in [0.1, 0.15) is 31.7 Å². The highest BCUT2D eigenvalue weighted by atomic mass is 16.1. The largest absolute Gasteiger partial charge is 0.372 e. The lowest BCUT2D eigenvalue weighted by Gasteiger charge is -2.15. The standard InChI is InChI=1S/C16H23N5O/c1-17-15-14-5-7-21(16(14)20-11-19-15)13-4-3-12(9-13)10-18-6-2-8-22/h5,7-8,11-13,18H,2-4,6,9-10H2,1H3,(H,17,19,20)/t12-,13+/m1/s1. The summed E-state index contributed by atoms with van der Waals surface area (Å²) in [5.74, 6) is 1.56. The van der Waals surface area contributed by atoms with E-state index in [0.29, 0.717) is 18.4 Å². The molecule has 1 saturated carbocycles. The predicted molar refractivity (Wildman–Crippen MR) is 87.0 cm³/mol. The Morgan fingerprint density at radius 3 is 3.14 bits per heavy atom. The van der Waals surface area contributed by atoms with Gasteiger partial charge in [-0.3, -0.25) is 0 Å². The smallest absolute Gasteiger partial charge is 0.145 e. The van der Waals surface area contributed by atoms with E-state index in [1.807, 2.05) is 7.05 Å². The predicted octanol–water partition coefficient (Wildman–Crippen LogP) is 1.99. The van der Waals surface area contributed by atoms with Gasteiger partial charge in [0.25, 0.3) is 0 Å². The van der Waals surface area contributed by atoms with Crippen molar-refractivity contribution in [3.63, 3.8) is 0 Å². The Morgan fingerprint density at radius 1 is 1.41 bits per heavy atom. The van der Waals surface area contributed by atoms with Crippen molar-refractivity contribution in [3.05, 3.63) is 18.6 Å². The molecule has 0 aromatic carbocycles. The number of anilines is 1. The molecule has 1 aliphatic rings. The maximum absolute atomic E-state index is 10.3. The molecule has 2 aromatic heterocycles. The lowest BCUT2D eigenvalue weighted by molar-refractivity contribution is -0.107. The summed E-state index contributed by atoms with van der Waals surface area (Å²) in [6.45, 7) is 1.79. The van der Waals surface area contributed by atoms with Gasteiger partial charge < -0.3 is 20.0 Å². The van der Waals surface area contributed by atoms with Crippen LogP contribution in [-0.4, -0.2) is 41.0 Å². The lowest BCUT2D eigenvalue weighted by Crippen LogP contribution is -2.22. The van der Waals surface area contributed by atoms with Crippen molar-refractivity contribution in [1.82, 2.24) is 19.9 Å². The summed E-state index contributed by atoms with van der Waals surface area (Å²) >= 11 is 0. The molecule has 0 bridgehead atoms. The zero-order valence-electron chi connectivity index (χ0n) is 13.0. The summed E-state index contributed by atoms with van der Waals surface area (Å²) in [7, 11) is 1.88. The molecule has 1 aliphatic carbocycles. The Balaban J connectivity index is 1.67. The number of nitrogens with zero attached hydrogens (tertiary/aromatic N) is 3. The summed E-state index contributed by atoms with van der Waals surface area (Å²) in [5.41, 5.74) is 1.01. The second-order valence-electron chi connectivity index (χ2n) is 5.92. The van der Waals surface area contributed by atoms with Crippen LogP contribution in [0, 0.1) is 5.92 Å². The van der Waals surface area contributed by atoms with Crippen LogP contribution in [0.3, 0.4) is 0 Å². The quantitative estimate of drug-likeness (QED) is 0.604. The Labute approximate surface area is 130 Å². The molecule has 2 N–H and O–H groups in total. The number of nitrogens with one attached hydrogen (secondary N) is 2. The second kappa shape index (κ2) is 6.87. The summed E-state index contributed by atoms with van der Waals surface area (Å²) in [4.78, 5) is 19.1. The molecule has 2 heterocycles. The molecule has 0 amide bonds. The zero-order chi connectivity index (χ0) is 15.4. The lowest BCUT2D eigenvalue weighted by atomic mass is 10.1. The molecular formula is C16H23N5O. The van der Waals surface area contributed by atoms with E-state index in [2.05, 4.69) is 37.4 Å². The van der Waals surface area contributed by atoms with E-state index in [4.69, 9.17) is 0 Å². The molecule has 0 unspecified atom stereocenters. The number of rotatable bonds is 7. The van der Waals surface area contributed by atoms with Gasteiger partial charge in [0, 0.05) is 32.3 Å². The van der Waals surface area contributed by atoms with Crippen molar-refractivity contribution in [2.75, 3.05) is 25.5 Å². The minimum Gasteiger partial charge on any atom is -0.372 e. The molecule has 0 spiro atoms. The minimum absolute atomic E-state index is 0.509. The minimum atomic E-state index is 0.509. The molecule has 2 atom stereocenters. The molecule has 6 heteroatoms. The van der Waals surface area contributed by atoms with Crippen LogP contribution in [0.2, 0.25) is 0 Å². The highest BCUT2D eigenvalue weighted by Crippen LogP contribution is 2.36. The Hall–Kier alpha value is -1.95. The highest BCUT2D eigenvalue weighted by Gasteiger charge is 2.26. The van der Waals surface area contributed by atoms with E-state index >= 15 is 0 Å². The first-order valence-corrected chi connectivity index (χ1v) is 7.97. The molecule has 2 aromatic rings. The first kappa shape index (κ1) is 15.0. The van der Waals surface area contributed by atoms with Gasteiger partial charge in [-0.25, -0.2) is 9.97 Å². The van der Waals surface area contributed by atoms with Crippen molar-refractivity contribution >= 4 is 23.1 Å². The van der Waals surface area contributed by atoms with Crippen molar-refractivity contribution in [2.24, 2.45) is 5.92 Å². The van der Waals surface area contributed by atoms with Crippen molar-refractivity contribution in [1.29, 1.82) is 0 Å². The van der Waals surface area contributed by atoms with Crippen LogP contribution in [0.25, 0.3) is 11.0 Å². The molecule has 1 fully saturated rings. The average molecular weight is 301 g/mol. The van der Waals surface area contributed by atoms with Crippen LogP contribution in [0.4, 0.5) is 5.82 Å². The molecule has 0 radical (unpaired) electrons. The van der Waals surface area contributed by atoms with Crippen LogP contribution in [-0.2, 0) is 4.79 Å². The number of hydrogen-bond donors (Lipinski definition) is 2. The SMILES string of the molecule is CNc1ncnc2c1ccn2[C@H]1CC[C@@H](CNCCC=O)C1. The Kier molecular flexibility index (Phi) is 4.68. The van der Waals surface area contributed by atoms with Gasteiger partial charge in [0.15, 0.2) is 0 Å². The number of hydrogen-bond acceptors (Lipinski definition) is 5. The van der Waals surface area contributed by atoms with Crippen LogP contribution < -0.4 is 10.6 Å². The van der Waals surface area contributed by atoms with Gasteiger partial charge in [0.2, 0.25) is 0 Å². The van der Waals surface area contributed by atoms with Crippen molar-refractivity contribution in [2.45, 2.75) is 31.7 Å². The molecule has 0 aliphatic heterocycles. The van der Waals surface area contributed by atoms with Gasteiger partial charge in [-0.05, 0) is 37.8 Å². The van der Waals surface area contributed by atoms with E-state index in [0.717, 1.165) is 42.6 Å². The summed E-state index contributed by atoms with van der Waals surface area (Å²) in [5, 5.41) is 7.57. The van der Waals surface area contributed by atoms with Gasteiger partial charge >= 0.3 is 0 Å². The van der Waals surface area contributed by atoms with E-state index in [9.17, 15) is 4.79 Å². The number of aromatic nitrogens is 3. The molecule has 0 saturated heterocycles. The first-order chi connectivity index (χ1) is 10.8. The van der Waals surface area contributed by atoms with E-state index in [-0.39, 0.29) is 0 Å². The van der Waals surface area contributed by atoms with Gasteiger partial charge in [-0.1, -0.05) is 0 Å². The van der Waals surface area contributed by atoms with Crippen LogP contribution >= 0.6 is 0 Å². The fourth-order valence-corrected chi connectivity index (χ4v) is 3.42. The fraction of sp³-hybridized carbons (Fsp3) is 0.562. The second-order valence-corrected chi connectivity index (χ2v) is 5.92. The highest BCUT2D eigenvalue weighted by molar-refractivity contribution is 5.87. The van der Waals surface area contributed by atoms with Gasteiger partial charge in [0.05, 0.1) is 5.39 Å². The summed E-state index contributed by atoms with van der Waals surface area (Å²) in [6.07, 6.45) is 8.89. The monoisotopic (exact) mass is 301 g/mol. The molecule has 6 nitrogen and oxygen atoms in total. The zero-order valence-corrected chi connectivity index (χ0v) is 13.0. The van der Waals surface area contributed by atoms with E-state index in [1.165, 1.54) is 12.8 Å². The topological polar surface area (TPSA) is 71.8 Å². The maximum atomic E-state index is 10.3. The third-order valence-corrected chi connectivity index (χ3v) is 4.52. The summed E-state index contributed by atoms with van der Waals surface area (Å²) in [6, 6.07) is 2.60. The Bertz CT molecular complexity index is 638. The molecule has 22 heavy (non-hydrogen) atoms. The van der Waals surface area contributed by atoms with E-state index < -0.39 is 0 Å². The van der Waals surface area contributed by atoms with E-state index in [1.54, 1.807) is 6.33 Å². The maximum Gasteiger partial charge on any atom is 0.145 e. The van der Waals surface area contributed by atoms with Gasteiger partial charge in [-0.15, -0.1) is 0 Å². The van der Waals surface area contributed by atoms with Crippen molar-refractivity contribution in [3.8, 4) is 0 Å². The molecular weight excluding hydrogens is 278 g/mol. The number of carbonyl (C=O) groups excluding carboxylic acids is 1. The first-order valence-electron chi connectivity index (χ1n) is 7.97. The normalized spacial score (nSPS) is 21.3. The number of carbonyl (C=O) groups is 1. The third-order valence-electron chi connectivity index (χ3n) is 4.52. The Morgan fingerprint density at radius 2 is 2.32 bits per heavy atom. The number of aldehydes is 1. The van der Waals surface area contributed by atoms with Gasteiger partial charge in [-0.2, -0.15) is 0 Å². The average Bonchev–Trinajstić information content (AvgIpc) is 3.17. The molecule has 118 valence electrons. The van der Waals surface area contributed by atoms with Crippen LogP contribution in [0.5, 0.6) is 0 Å². The van der Waals surface area contributed by atoms with Crippen molar-refractivity contribution < 1.29 is 4.79 Å². The van der Waals surface area contributed by atoms with Crippen LogP contribution in [0.15, 0.2) is 18.6 Å².